The number of thioether (sulfide) groups is 1. The number of benzene rings is 2. The molecule has 0 radical (unpaired) electrons. The van der Waals surface area contributed by atoms with Crippen molar-refractivity contribution in [1.29, 1.82) is 0 Å². The first-order valence-corrected chi connectivity index (χ1v) is 10.8. The summed E-state index contributed by atoms with van der Waals surface area (Å²) in [5, 5.41) is 27.1. The molecule has 2 aromatic carbocycles. The number of carbonyl (C=O) groups is 2. The molecule has 2 aromatic heterocycles. The summed E-state index contributed by atoms with van der Waals surface area (Å²) in [4.78, 5) is 22.9. The maximum Gasteiger partial charge on any atom is 0.342 e. The first kappa shape index (κ1) is 23.1. The van der Waals surface area contributed by atoms with Crippen molar-refractivity contribution in [2.75, 3.05) is 7.11 Å². The summed E-state index contributed by atoms with van der Waals surface area (Å²) in [5.41, 5.74) is 1.12. The number of carboxylic acids is 2. The van der Waals surface area contributed by atoms with Gasteiger partial charge in [-0.3, -0.25) is 0 Å². The van der Waals surface area contributed by atoms with Crippen molar-refractivity contribution < 1.29 is 33.4 Å². The Hall–Kier alpha value is -4.02. The van der Waals surface area contributed by atoms with E-state index in [0.29, 0.717) is 27.7 Å². The van der Waals surface area contributed by atoms with Crippen molar-refractivity contribution in [2.45, 2.75) is 5.22 Å². The van der Waals surface area contributed by atoms with Crippen LogP contribution in [0.3, 0.4) is 0 Å². The minimum Gasteiger partial charge on any atom is -0.496 e. The van der Waals surface area contributed by atoms with Gasteiger partial charge in [-0.05, 0) is 54.2 Å². The van der Waals surface area contributed by atoms with Gasteiger partial charge in [-0.15, -0.1) is 10.2 Å². The lowest BCUT2D eigenvalue weighted by molar-refractivity contribution is -0.131. The SMILES string of the molecule is COc1ccc(Cl)cc1-c1nnc(S/C(=C\c2ccc(-c3cccc(C(=O)O)c3)o2)C(=O)O)o1. The van der Waals surface area contributed by atoms with Crippen LogP contribution in [0.2, 0.25) is 5.02 Å². The lowest BCUT2D eigenvalue weighted by atomic mass is 10.1. The topological polar surface area (TPSA) is 136 Å². The third-order valence-electron chi connectivity index (χ3n) is 4.50. The third kappa shape index (κ3) is 5.13. The van der Waals surface area contributed by atoms with E-state index in [1.165, 1.54) is 25.3 Å². The average Bonchev–Trinajstić information content (AvgIpc) is 3.48. The van der Waals surface area contributed by atoms with Gasteiger partial charge in [0.05, 0.1) is 18.2 Å². The second-order valence-corrected chi connectivity index (χ2v) is 8.15. The van der Waals surface area contributed by atoms with Crippen LogP contribution in [-0.4, -0.2) is 39.5 Å². The first-order chi connectivity index (χ1) is 16.3. The molecule has 4 rings (SSSR count). The summed E-state index contributed by atoms with van der Waals surface area (Å²) < 4.78 is 16.6. The Kier molecular flexibility index (Phi) is 6.71. The summed E-state index contributed by atoms with van der Waals surface area (Å²) in [5.74, 6) is -1.07. The minimum atomic E-state index is -1.23. The third-order valence-corrected chi connectivity index (χ3v) is 5.59. The van der Waals surface area contributed by atoms with E-state index in [-0.39, 0.29) is 27.3 Å². The molecule has 11 heteroatoms. The highest BCUT2D eigenvalue weighted by Gasteiger charge is 2.19. The number of methoxy groups -OCH3 is 1. The van der Waals surface area contributed by atoms with Crippen molar-refractivity contribution in [1.82, 2.24) is 10.2 Å². The summed E-state index contributed by atoms with van der Waals surface area (Å²) in [6.45, 7) is 0. The van der Waals surface area contributed by atoms with E-state index in [1.54, 1.807) is 42.5 Å². The molecule has 0 aliphatic rings. The number of ether oxygens (including phenoxy) is 1. The van der Waals surface area contributed by atoms with Crippen molar-refractivity contribution in [2.24, 2.45) is 0 Å². The van der Waals surface area contributed by atoms with Crippen molar-refractivity contribution in [3.05, 3.63) is 75.8 Å². The number of rotatable bonds is 8. The molecule has 0 aliphatic heterocycles. The van der Waals surface area contributed by atoms with Crippen LogP contribution in [0.1, 0.15) is 16.1 Å². The fraction of sp³-hybridized carbons (Fsp3) is 0.0435. The molecule has 0 aliphatic carbocycles. The number of halogens is 1. The molecule has 9 nitrogen and oxygen atoms in total. The number of aromatic carboxylic acids is 1. The largest absolute Gasteiger partial charge is 0.496 e. The summed E-state index contributed by atoms with van der Waals surface area (Å²) in [6.07, 6.45) is 1.31. The van der Waals surface area contributed by atoms with E-state index >= 15 is 0 Å². The van der Waals surface area contributed by atoms with Gasteiger partial charge in [-0.1, -0.05) is 23.7 Å². The standard InChI is InChI=1S/C23H15ClN2O7S/c1-31-18-7-5-14(24)10-16(18)20-25-26-23(33-20)34-19(22(29)30)11-15-6-8-17(32-15)12-3-2-4-13(9-12)21(27)28/h2-11H,1H3,(H,27,28)(H,29,30)/b19-11-. The van der Waals surface area contributed by atoms with E-state index < -0.39 is 11.9 Å². The van der Waals surface area contributed by atoms with Crippen LogP contribution in [0.15, 0.2) is 73.6 Å². The van der Waals surface area contributed by atoms with E-state index in [0.717, 1.165) is 11.8 Å². The predicted molar refractivity (Wildman–Crippen MR) is 124 cm³/mol. The van der Waals surface area contributed by atoms with Gasteiger partial charge in [0.25, 0.3) is 11.1 Å². The number of hydrogen-bond acceptors (Lipinski definition) is 8. The number of hydrogen-bond donors (Lipinski definition) is 2. The van der Waals surface area contributed by atoms with E-state index in [2.05, 4.69) is 10.2 Å². The molecular weight excluding hydrogens is 484 g/mol. The van der Waals surface area contributed by atoms with Crippen molar-refractivity contribution in [3.8, 4) is 28.5 Å². The molecule has 34 heavy (non-hydrogen) atoms. The highest BCUT2D eigenvalue weighted by Crippen LogP contribution is 2.35. The lowest BCUT2D eigenvalue weighted by Crippen LogP contribution is -1.96. The minimum absolute atomic E-state index is 0.00776. The molecule has 2 heterocycles. The molecule has 0 unspecified atom stereocenters. The normalized spacial score (nSPS) is 11.4. The van der Waals surface area contributed by atoms with Crippen LogP contribution in [0.4, 0.5) is 0 Å². The fourth-order valence-electron chi connectivity index (χ4n) is 2.96. The summed E-state index contributed by atoms with van der Waals surface area (Å²) >= 11 is 6.79. The number of nitrogens with zero attached hydrogens (tertiary/aromatic N) is 2. The zero-order chi connectivity index (χ0) is 24.2. The van der Waals surface area contributed by atoms with Gasteiger partial charge < -0.3 is 23.8 Å². The first-order valence-electron chi connectivity index (χ1n) is 9.58. The van der Waals surface area contributed by atoms with Crippen molar-refractivity contribution >= 4 is 41.4 Å². The number of aliphatic carboxylic acids is 1. The summed E-state index contributed by atoms with van der Waals surface area (Å²) in [6, 6.07) is 14.3. The maximum atomic E-state index is 11.8. The second kappa shape index (κ2) is 9.86. The zero-order valence-corrected chi connectivity index (χ0v) is 19.0. The molecule has 0 amide bonds. The van der Waals surface area contributed by atoms with Gasteiger partial charge in [0.15, 0.2) is 0 Å². The molecule has 0 atom stereocenters. The maximum absolute atomic E-state index is 11.8. The molecule has 2 N–H and O–H groups in total. The molecule has 0 fully saturated rings. The van der Waals surface area contributed by atoms with Gasteiger partial charge in [-0.2, -0.15) is 0 Å². The van der Waals surface area contributed by atoms with E-state index in [4.69, 9.17) is 30.3 Å². The Bertz CT molecular complexity index is 1410. The monoisotopic (exact) mass is 498 g/mol. The smallest absolute Gasteiger partial charge is 0.342 e. The van der Waals surface area contributed by atoms with Crippen LogP contribution in [0.5, 0.6) is 5.75 Å². The van der Waals surface area contributed by atoms with Gasteiger partial charge in [0, 0.05) is 16.7 Å². The second-order valence-electron chi connectivity index (χ2n) is 6.72. The van der Waals surface area contributed by atoms with Crippen LogP contribution in [0, 0.1) is 0 Å². The van der Waals surface area contributed by atoms with E-state index in [9.17, 15) is 14.7 Å². The average molecular weight is 499 g/mol. The zero-order valence-electron chi connectivity index (χ0n) is 17.4. The Morgan fingerprint density at radius 3 is 2.62 bits per heavy atom. The molecule has 0 saturated carbocycles. The Morgan fingerprint density at radius 2 is 1.88 bits per heavy atom. The van der Waals surface area contributed by atoms with E-state index in [1.807, 2.05) is 0 Å². The van der Waals surface area contributed by atoms with Gasteiger partial charge >= 0.3 is 11.9 Å². The van der Waals surface area contributed by atoms with Gasteiger partial charge in [0.2, 0.25) is 0 Å². The molecule has 172 valence electrons. The molecule has 0 spiro atoms. The lowest BCUT2D eigenvalue weighted by Gasteiger charge is -2.04. The van der Waals surface area contributed by atoms with Gasteiger partial charge in [0.1, 0.15) is 22.2 Å². The van der Waals surface area contributed by atoms with Crippen LogP contribution in [0.25, 0.3) is 28.9 Å². The summed E-state index contributed by atoms with van der Waals surface area (Å²) in [7, 11) is 1.49. The Balaban J connectivity index is 1.58. The predicted octanol–water partition coefficient (Wildman–Crippen LogP) is 5.57. The number of carboxylic acid groups (broad SMARTS) is 2. The van der Waals surface area contributed by atoms with Crippen molar-refractivity contribution in [3.63, 3.8) is 0 Å². The molecular formula is C23H15ClN2O7S. The highest BCUT2D eigenvalue weighted by atomic mass is 35.5. The number of aromatic nitrogens is 2. The fourth-order valence-corrected chi connectivity index (χ4v) is 3.78. The highest BCUT2D eigenvalue weighted by molar-refractivity contribution is 8.03. The quantitative estimate of drug-likeness (QED) is 0.234. The molecule has 4 aromatic rings. The van der Waals surface area contributed by atoms with Crippen LogP contribution >= 0.6 is 23.4 Å². The Morgan fingerprint density at radius 1 is 1.06 bits per heavy atom. The van der Waals surface area contributed by atoms with Crippen LogP contribution < -0.4 is 4.74 Å². The number of furan rings is 1. The van der Waals surface area contributed by atoms with Gasteiger partial charge in [-0.25, -0.2) is 9.59 Å². The molecule has 0 saturated heterocycles. The molecule has 0 bridgehead atoms. The Labute approximate surface area is 201 Å². The van der Waals surface area contributed by atoms with Crippen LogP contribution in [-0.2, 0) is 4.79 Å².